The van der Waals surface area contributed by atoms with Gasteiger partial charge in [-0.1, -0.05) is 20.8 Å². The van der Waals surface area contributed by atoms with Gasteiger partial charge in [-0.25, -0.2) is 8.42 Å². The van der Waals surface area contributed by atoms with Crippen molar-refractivity contribution in [2.45, 2.75) is 43.8 Å². The summed E-state index contributed by atoms with van der Waals surface area (Å²) in [4.78, 5) is 0.425. The second-order valence-corrected chi connectivity index (χ2v) is 8.25. The summed E-state index contributed by atoms with van der Waals surface area (Å²) >= 11 is 0. The maximum Gasteiger partial charge on any atom is 0.181 e. The normalized spacial score (nSPS) is 16.8. The van der Waals surface area contributed by atoms with Crippen LogP contribution in [0.15, 0.2) is 23.1 Å². The fraction of sp³-hybridized carbons (Fsp3) is 0.500. The highest BCUT2D eigenvalue weighted by Crippen LogP contribution is 2.37. The topological polar surface area (TPSA) is 60.2 Å². The lowest BCUT2D eigenvalue weighted by Crippen LogP contribution is -2.14. The Bertz CT molecular complexity index is 552. The summed E-state index contributed by atoms with van der Waals surface area (Å²) in [6.07, 6.45) is 3.53. The molecule has 0 aliphatic heterocycles. The first kappa shape index (κ1) is 13.4. The fourth-order valence-corrected chi connectivity index (χ4v) is 3.78. The lowest BCUT2D eigenvalue weighted by atomic mass is 9.88. The molecule has 0 amide bonds. The molecule has 0 bridgehead atoms. The Morgan fingerprint density at radius 1 is 1.28 bits per heavy atom. The molecule has 1 aromatic rings. The van der Waals surface area contributed by atoms with Crippen molar-refractivity contribution in [3.8, 4) is 0 Å². The molecule has 1 aliphatic rings. The van der Waals surface area contributed by atoms with Gasteiger partial charge in [0, 0.05) is 5.69 Å². The molecule has 0 saturated heterocycles. The SMILES string of the molecule is CC(C)(C)[CH]c1cc(N)ccc1S(=O)(=O)C1CC1. The minimum absolute atomic E-state index is 0.0817. The van der Waals surface area contributed by atoms with Gasteiger partial charge in [0.25, 0.3) is 0 Å². The number of nitrogens with two attached hydrogens (primary N) is 1. The van der Waals surface area contributed by atoms with E-state index in [0.717, 1.165) is 18.4 Å². The average molecular weight is 266 g/mol. The van der Waals surface area contributed by atoms with E-state index in [1.54, 1.807) is 18.2 Å². The van der Waals surface area contributed by atoms with E-state index < -0.39 is 9.84 Å². The quantitative estimate of drug-likeness (QED) is 0.856. The summed E-state index contributed by atoms with van der Waals surface area (Å²) in [6, 6.07) is 5.05. The van der Waals surface area contributed by atoms with Crippen LogP contribution in [0.25, 0.3) is 0 Å². The molecule has 0 spiro atoms. The van der Waals surface area contributed by atoms with E-state index >= 15 is 0 Å². The van der Waals surface area contributed by atoms with E-state index in [2.05, 4.69) is 0 Å². The van der Waals surface area contributed by atoms with Crippen LogP contribution in [-0.4, -0.2) is 13.7 Å². The molecule has 0 atom stereocenters. The van der Waals surface area contributed by atoms with Gasteiger partial charge in [0.2, 0.25) is 0 Å². The lowest BCUT2D eigenvalue weighted by molar-refractivity contribution is 0.503. The van der Waals surface area contributed by atoms with Crippen LogP contribution in [0.2, 0.25) is 0 Å². The molecule has 4 heteroatoms. The van der Waals surface area contributed by atoms with Crippen LogP contribution in [-0.2, 0) is 9.84 Å². The molecule has 2 N–H and O–H groups in total. The van der Waals surface area contributed by atoms with Crippen molar-refractivity contribution < 1.29 is 8.42 Å². The number of hydrogen-bond donors (Lipinski definition) is 1. The Labute approximate surface area is 109 Å². The molecule has 99 valence electrons. The molecule has 2 rings (SSSR count). The highest BCUT2D eigenvalue weighted by molar-refractivity contribution is 7.92. The van der Waals surface area contributed by atoms with Crippen molar-refractivity contribution in [3.05, 3.63) is 30.2 Å². The zero-order chi connectivity index (χ0) is 13.6. The summed E-state index contributed by atoms with van der Waals surface area (Å²) in [7, 11) is -3.17. The number of rotatable bonds is 3. The lowest BCUT2D eigenvalue weighted by Gasteiger charge is -2.20. The van der Waals surface area contributed by atoms with Crippen LogP contribution < -0.4 is 5.73 Å². The van der Waals surface area contributed by atoms with Gasteiger partial charge in [-0.3, -0.25) is 0 Å². The number of hydrogen-bond acceptors (Lipinski definition) is 3. The third kappa shape index (κ3) is 2.86. The van der Waals surface area contributed by atoms with Crippen LogP contribution >= 0.6 is 0 Å². The molecular formula is C14H20NO2S. The minimum atomic E-state index is -3.17. The van der Waals surface area contributed by atoms with E-state index in [4.69, 9.17) is 5.73 Å². The Hall–Kier alpha value is -1.03. The Kier molecular flexibility index (Phi) is 3.18. The fourth-order valence-electron chi connectivity index (χ4n) is 1.96. The first-order valence-electron chi connectivity index (χ1n) is 6.19. The molecular weight excluding hydrogens is 246 g/mol. The van der Waals surface area contributed by atoms with Crippen molar-refractivity contribution >= 4 is 15.5 Å². The van der Waals surface area contributed by atoms with Crippen LogP contribution in [0.1, 0.15) is 39.2 Å². The summed E-state index contributed by atoms with van der Waals surface area (Å²) < 4.78 is 24.7. The van der Waals surface area contributed by atoms with E-state index in [0.29, 0.717) is 10.6 Å². The summed E-state index contributed by atoms with van der Waals surface area (Å²) in [6.45, 7) is 6.14. The highest BCUT2D eigenvalue weighted by atomic mass is 32.2. The van der Waals surface area contributed by atoms with Crippen molar-refractivity contribution in [3.63, 3.8) is 0 Å². The molecule has 1 saturated carbocycles. The highest BCUT2D eigenvalue weighted by Gasteiger charge is 2.38. The van der Waals surface area contributed by atoms with Crippen molar-refractivity contribution in [2.75, 3.05) is 5.73 Å². The van der Waals surface area contributed by atoms with Gasteiger partial charge in [0.1, 0.15) is 0 Å². The van der Waals surface area contributed by atoms with E-state index in [9.17, 15) is 8.42 Å². The zero-order valence-corrected chi connectivity index (χ0v) is 11.9. The monoisotopic (exact) mass is 266 g/mol. The van der Waals surface area contributed by atoms with Crippen molar-refractivity contribution in [1.29, 1.82) is 0 Å². The minimum Gasteiger partial charge on any atom is -0.399 e. The number of nitrogen functional groups attached to an aromatic ring is 1. The Morgan fingerprint density at radius 3 is 2.39 bits per heavy atom. The number of anilines is 1. The molecule has 3 nitrogen and oxygen atoms in total. The first-order valence-corrected chi connectivity index (χ1v) is 7.74. The van der Waals surface area contributed by atoms with Gasteiger partial charge in [-0.2, -0.15) is 0 Å². The average Bonchev–Trinajstić information content (AvgIpc) is 2.96. The van der Waals surface area contributed by atoms with E-state index in [1.807, 2.05) is 27.2 Å². The maximum atomic E-state index is 12.4. The third-order valence-corrected chi connectivity index (χ3v) is 5.23. The molecule has 18 heavy (non-hydrogen) atoms. The van der Waals surface area contributed by atoms with Crippen LogP contribution in [0.4, 0.5) is 5.69 Å². The molecule has 0 heterocycles. The molecule has 0 aromatic heterocycles. The number of benzene rings is 1. The maximum absolute atomic E-state index is 12.4. The van der Waals surface area contributed by atoms with Crippen molar-refractivity contribution in [1.82, 2.24) is 0 Å². The van der Waals surface area contributed by atoms with E-state index in [1.165, 1.54) is 0 Å². The summed E-state index contributed by atoms with van der Waals surface area (Å²) in [5.74, 6) is 0. The molecule has 1 aliphatic carbocycles. The molecule has 1 aromatic carbocycles. The predicted octanol–water partition coefficient (Wildman–Crippen LogP) is 2.80. The van der Waals surface area contributed by atoms with Crippen molar-refractivity contribution in [2.24, 2.45) is 5.41 Å². The molecule has 1 fully saturated rings. The first-order chi connectivity index (χ1) is 8.20. The van der Waals surface area contributed by atoms with Gasteiger partial charge < -0.3 is 5.73 Å². The van der Waals surface area contributed by atoms with Gasteiger partial charge in [0.15, 0.2) is 9.84 Å². The molecule has 0 unspecified atom stereocenters. The zero-order valence-electron chi connectivity index (χ0n) is 11.1. The van der Waals surface area contributed by atoms with Gasteiger partial charge >= 0.3 is 0 Å². The van der Waals surface area contributed by atoms with Gasteiger partial charge in [0.05, 0.1) is 10.1 Å². The molecule has 1 radical (unpaired) electrons. The summed E-state index contributed by atoms with van der Waals surface area (Å²) in [5, 5.41) is -0.187. The smallest absolute Gasteiger partial charge is 0.181 e. The van der Waals surface area contributed by atoms with E-state index in [-0.39, 0.29) is 10.7 Å². The Morgan fingerprint density at radius 2 is 1.89 bits per heavy atom. The van der Waals surface area contributed by atoms with Gasteiger partial charge in [-0.15, -0.1) is 0 Å². The second-order valence-electron chi connectivity index (χ2n) is 6.05. The van der Waals surface area contributed by atoms with Gasteiger partial charge in [-0.05, 0) is 48.4 Å². The second kappa shape index (κ2) is 4.26. The number of sulfone groups is 1. The van der Waals surface area contributed by atoms with Crippen LogP contribution in [0.3, 0.4) is 0 Å². The standard InChI is InChI=1S/C14H20NO2S/c1-14(2,3)9-10-8-11(15)4-7-13(10)18(16,17)12-5-6-12/h4,7-9,12H,5-6,15H2,1-3H3. The van der Waals surface area contributed by atoms with Crippen LogP contribution in [0.5, 0.6) is 0 Å². The largest absolute Gasteiger partial charge is 0.399 e. The Balaban J connectivity index is 2.47. The van der Waals surface area contributed by atoms with Crippen LogP contribution in [0, 0.1) is 11.8 Å². The third-order valence-electron chi connectivity index (χ3n) is 2.89. The summed E-state index contributed by atoms with van der Waals surface area (Å²) in [5.41, 5.74) is 7.01. The predicted molar refractivity (Wildman–Crippen MR) is 73.9 cm³/mol.